The second-order valence-electron chi connectivity index (χ2n) is 5.85. The first-order valence-electron chi connectivity index (χ1n) is 7.41. The molecular formula is C15H21BrN2S2. The Hall–Kier alpha value is -0.0000000000000000833. The zero-order chi connectivity index (χ0) is 13.8. The molecule has 2 nitrogen and oxygen atoms in total. The molecule has 1 N–H and O–H groups in total. The summed E-state index contributed by atoms with van der Waals surface area (Å²) in [6, 6.07) is 4.32. The monoisotopic (exact) mass is 372 g/mol. The highest BCUT2D eigenvalue weighted by Gasteiger charge is 2.34. The van der Waals surface area contributed by atoms with Gasteiger partial charge in [-0.2, -0.15) is 0 Å². The van der Waals surface area contributed by atoms with E-state index in [1.54, 1.807) is 0 Å². The van der Waals surface area contributed by atoms with E-state index in [-0.39, 0.29) is 0 Å². The Labute approximate surface area is 138 Å². The van der Waals surface area contributed by atoms with Gasteiger partial charge in [-0.3, -0.25) is 4.99 Å². The SMILES string of the molecule is Brc1ccc(CCNC2=NCC3(CCCCC3)CS2)s1. The molecule has 0 unspecified atom stereocenters. The molecule has 1 aliphatic carbocycles. The molecule has 1 aromatic rings. The fourth-order valence-corrected chi connectivity index (χ4v) is 5.71. The maximum atomic E-state index is 4.81. The van der Waals surface area contributed by atoms with Gasteiger partial charge in [0.1, 0.15) is 0 Å². The van der Waals surface area contributed by atoms with Crippen LogP contribution in [0.4, 0.5) is 0 Å². The van der Waals surface area contributed by atoms with E-state index in [2.05, 4.69) is 33.4 Å². The third kappa shape index (κ3) is 3.80. The minimum Gasteiger partial charge on any atom is -0.365 e. The topological polar surface area (TPSA) is 24.4 Å². The second kappa shape index (κ2) is 6.84. The first kappa shape index (κ1) is 14.9. The Balaban J connectivity index is 1.45. The first-order valence-corrected chi connectivity index (χ1v) is 10.0. The van der Waals surface area contributed by atoms with Gasteiger partial charge in [0.25, 0.3) is 0 Å². The molecule has 2 aliphatic rings. The van der Waals surface area contributed by atoms with Gasteiger partial charge < -0.3 is 5.32 Å². The lowest BCUT2D eigenvalue weighted by molar-refractivity contribution is 0.232. The Bertz CT molecular complexity index is 478. The van der Waals surface area contributed by atoms with Crippen LogP contribution in [0, 0.1) is 5.41 Å². The van der Waals surface area contributed by atoms with Crippen LogP contribution in [0.15, 0.2) is 20.9 Å². The molecule has 1 saturated carbocycles. The maximum Gasteiger partial charge on any atom is 0.156 e. The van der Waals surface area contributed by atoms with Crippen molar-refractivity contribution in [2.24, 2.45) is 10.4 Å². The van der Waals surface area contributed by atoms with Crippen molar-refractivity contribution in [3.63, 3.8) is 0 Å². The molecule has 0 amide bonds. The predicted molar refractivity (Wildman–Crippen MR) is 94.0 cm³/mol. The van der Waals surface area contributed by atoms with E-state index in [4.69, 9.17) is 4.99 Å². The quantitative estimate of drug-likeness (QED) is 0.831. The fraction of sp³-hybridized carbons (Fsp3) is 0.667. The number of halogens is 1. The number of thiophene rings is 1. The van der Waals surface area contributed by atoms with Crippen molar-refractivity contribution in [1.29, 1.82) is 0 Å². The number of nitrogens with one attached hydrogen (secondary N) is 1. The number of aliphatic imine (C=N–C) groups is 1. The summed E-state index contributed by atoms with van der Waals surface area (Å²) in [5, 5.41) is 4.67. The van der Waals surface area contributed by atoms with Crippen LogP contribution < -0.4 is 5.32 Å². The first-order chi connectivity index (χ1) is 9.76. The molecule has 0 atom stereocenters. The van der Waals surface area contributed by atoms with Crippen LogP contribution in [0.25, 0.3) is 0 Å². The van der Waals surface area contributed by atoms with Gasteiger partial charge in [0.05, 0.1) is 3.79 Å². The van der Waals surface area contributed by atoms with Crippen molar-refractivity contribution in [2.75, 3.05) is 18.8 Å². The van der Waals surface area contributed by atoms with Crippen LogP contribution in [0.2, 0.25) is 0 Å². The lowest BCUT2D eigenvalue weighted by atomic mass is 9.75. The zero-order valence-corrected chi connectivity index (χ0v) is 14.9. The molecular weight excluding hydrogens is 352 g/mol. The maximum absolute atomic E-state index is 4.81. The molecule has 1 aromatic heterocycles. The van der Waals surface area contributed by atoms with Crippen molar-refractivity contribution >= 4 is 44.2 Å². The third-order valence-electron chi connectivity index (χ3n) is 4.26. The van der Waals surface area contributed by atoms with Gasteiger partial charge in [-0.1, -0.05) is 31.0 Å². The van der Waals surface area contributed by atoms with E-state index in [0.29, 0.717) is 5.41 Å². The summed E-state index contributed by atoms with van der Waals surface area (Å²) in [6.45, 7) is 2.04. The zero-order valence-electron chi connectivity index (χ0n) is 11.7. The van der Waals surface area contributed by atoms with Crippen molar-refractivity contribution in [3.05, 3.63) is 20.8 Å². The van der Waals surface area contributed by atoms with E-state index < -0.39 is 0 Å². The minimum absolute atomic E-state index is 0.534. The fourth-order valence-electron chi connectivity index (χ4n) is 3.04. The summed E-state index contributed by atoms with van der Waals surface area (Å²) < 4.78 is 1.22. The molecule has 1 fully saturated rings. The van der Waals surface area contributed by atoms with Gasteiger partial charge in [0, 0.05) is 23.7 Å². The lowest BCUT2D eigenvalue weighted by Gasteiger charge is -2.38. The number of amidine groups is 1. The number of nitrogens with zero attached hydrogens (tertiary/aromatic N) is 1. The third-order valence-corrected chi connectivity index (χ3v) is 7.25. The van der Waals surface area contributed by atoms with Gasteiger partial charge in [0.2, 0.25) is 0 Å². The number of hydrogen-bond donors (Lipinski definition) is 1. The van der Waals surface area contributed by atoms with Crippen LogP contribution in [-0.4, -0.2) is 24.0 Å². The number of hydrogen-bond acceptors (Lipinski definition) is 4. The van der Waals surface area contributed by atoms with Gasteiger partial charge in [-0.25, -0.2) is 0 Å². The summed E-state index contributed by atoms with van der Waals surface area (Å²) in [6.07, 6.45) is 8.11. The van der Waals surface area contributed by atoms with E-state index in [0.717, 1.165) is 24.7 Å². The average molecular weight is 373 g/mol. The number of thioether (sulfide) groups is 1. The summed E-state index contributed by atoms with van der Waals surface area (Å²) in [4.78, 5) is 6.23. The number of rotatable bonds is 3. The Morgan fingerprint density at radius 1 is 1.25 bits per heavy atom. The highest BCUT2D eigenvalue weighted by Crippen LogP contribution is 2.41. The van der Waals surface area contributed by atoms with Crippen LogP contribution in [-0.2, 0) is 6.42 Å². The molecule has 20 heavy (non-hydrogen) atoms. The van der Waals surface area contributed by atoms with Crippen molar-refractivity contribution in [2.45, 2.75) is 38.5 Å². The van der Waals surface area contributed by atoms with Crippen molar-refractivity contribution in [1.82, 2.24) is 5.32 Å². The normalized spacial score (nSPS) is 21.8. The molecule has 0 radical (unpaired) electrons. The summed E-state index contributed by atoms with van der Waals surface area (Å²) >= 11 is 7.28. The molecule has 1 aliphatic heterocycles. The van der Waals surface area contributed by atoms with Crippen molar-refractivity contribution < 1.29 is 0 Å². The molecule has 110 valence electrons. The van der Waals surface area contributed by atoms with Crippen molar-refractivity contribution in [3.8, 4) is 0 Å². The van der Waals surface area contributed by atoms with E-state index in [9.17, 15) is 0 Å². The molecule has 0 saturated heterocycles. The van der Waals surface area contributed by atoms with Gasteiger partial charge >= 0.3 is 0 Å². The van der Waals surface area contributed by atoms with E-state index in [1.807, 2.05) is 23.1 Å². The molecule has 1 spiro atoms. The highest BCUT2D eigenvalue weighted by molar-refractivity contribution is 9.11. The molecule has 2 heterocycles. The van der Waals surface area contributed by atoms with Gasteiger partial charge in [0.15, 0.2) is 5.17 Å². The largest absolute Gasteiger partial charge is 0.365 e. The molecule has 3 rings (SSSR count). The molecule has 0 bridgehead atoms. The summed E-state index contributed by atoms with van der Waals surface area (Å²) in [5.74, 6) is 1.27. The van der Waals surface area contributed by atoms with Crippen LogP contribution in [0.1, 0.15) is 37.0 Å². The standard InChI is InChI=1S/C15H21BrN2S2/c16-13-5-4-12(20-13)6-9-17-14-18-10-15(11-19-14)7-2-1-3-8-15/h4-5H,1-3,6-11H2,(H,17,18). The van der Waals surface area contributed by atoms with Gasteiger partial charge in [-0.05, 0) is 52.7 Å². The van der Waals surface area contributed by atoms with E-state index >= 15 is 0 Å². The van der Waals surface area contributed by atoms with Gasteiger partial charge in [-0.15, -0.1) is 11.3 Å². The predicted octanol–water partition coefficient (Wildman–Crippen LogP) is 4.70. The van der Waals surface area contributed by atoms with Crippen LogP contribution in [0.5, 0.6) is 0 Å². The Morgan fingerprint density at radius 3 is 2.75 bits per heavy atom. The Kier molecular flexibility index (Phi) is 5.10. The Morgan fingerprint density at radius 2 is 2.10 bits per heavy atom. The van der Waals surface area contributed by atoms with Crippen LogP contribution in [0.3, 0.4) is 0 Å². The molecule has 5 heteroatoms. The van der Waals surface area contributed by atoms with E-state index in [1.165, 1.54) is 46.5 Å². The lowest BCUT2D eigenvalue weighted by Crippen LogP contribution is -2.37. The van der Waals surface area contributed by atoms with Crippen LogP contribution >= 0.6 is 39.0 Å². The second-order valence-corrected chi connectivity index (χ2v) is 9.36. The highest BCUT2D eigenvalue weighted by atomic mass is 79.9. The average Bonchev–Trinajstić information content (AvgIpc) is 2.88. The molecule has 0 aromatic carbocycles. The minimum atomic E-state index is 0.534. The summed E-state index contributed by atoms with van der Waals surface area (Å²) in [5.41, 5.74) is 0.534. The summed E-state index contributed by atoms with van der Waals surface area (Å²) in [7, 11) is 0. The smallest absolute Gasteiger partial charge is 0.156 e.